The summed E-state index contributed by atoms with van der Waals surface area (Å²) in [5.41, 5.74) is 9.00. The molecular formula is C21H25N5O. The van der Waals surface area contributed by atoms with Crippen molar-refractivity contribution in [2.24, 2.45) is 0 Å². The smallest absolute Gasteiger partial charge is 0.220 e. The molecule has 0 aliphatic carbocycles. The van der Waals surface area contributed by atoms with Crippen LogP contribution in [-0.4, -0.2) is 36.2 Å². The van der Waals surface area contributed by atoms with E-state index in [1.807, 2.05) is 12.1 Å². The van der Waals surface area contributed by atoms with Crippen LogP contribution in [0.3, 0.4) is 0 Å². The maximum Gasteiger partial charge on any atom is 0.220 e. The van der Waals surface area contributed by atoms with E-state index in [-0.39, 0.29) is 0 Å². The van der Waals surface area contributed by atoms with Crippen molar-refractivity contribution in [3.8, 4) is 5.75 Å². The highest BCUT2D eigenvalue weighted by molar-refractivity contribution is 5.95. The molecule has 140 valence electrons. The van der Waals surface area contributed by atoms with Gasteiger partial charge in [0.15, 0.2) is 0 Å². The molecule has 27 heavy (non-hydrogen) atoms. The second kappa shape index (κ2) is 7.80. The number of nitrogens with one attached hydrogen (secondary N) is 2. The number of benzene rings is 2. The Balaban J connectivity index is 1.71. The van der Waals surface area contributed by atoms with Gasteiger partial charge in [0.2, 0.25) is 5.95 Å². The van der Waals surface area contributed by atoms with E-state index in [2.05, 4.69) is 44.9 Å². The zero-order chi connectivity index (χ0) is 18.6. The predicted molar refractivity (Wildman–Crippen MR) is 109 cm³/mol. The van der Waals surface area contributed by atoms with Crippen LogP contribution in [0.5, 0.6) is 5.75 Å². The van der Waals surface area contributed by atoms with Gasteiger partial charge in [-0.3, -0.25) is 0 Å². The fourth-order valence-corrected chi connectivity index (χ4v) is 3.65. The molecule has 0 unspecified atom stereocenters. The third-order valence-electron chi connectivity index (χ3n) is 5.04. The lowest BCUT2D eigenvalue weighted by atomic mass is 9.99. The number of anilines is 2. The highest BCUT2D eigenvalue weighted by atomic mass is 16.5. The summed E-state index contributed by atoms with van der Waals surface area (Å²) >= 11 is 0. The van der Waals surface area contributed by atoms with E-state index in [4.69, 9.17) is 10.5 Å². The zero-order valence-corrected chi connectivity index (χ0v) is 15.5. The normalized spacial score (nSPS) is 15.0. The molecule has 3 aromatic rings. The molecule has 1 aliphatic rings. The van der Waals surface area contributed by atoms with Crippen LogP contribution in [0.1, 0.15) is 24.1 Å². The minimum atomic E-state index is 0.311. The number of nitrogen functional groups attached to an aromatic ring is 1. The van der Waals surface area contributed by atoms with Crippen LogP contribution in [-0.2, 0) is 6.42 Å². The number of nitrogens with zero attached hydrogens (tertiary/aromatic N) is 2. The Morgan fingerprint density at radius 2 is 2.04 bits per heavy atom. The van der Waals surface area contributed by atoms with E-state index in [1.54, 1.807) is 13.3 Å². The average molecular weight is 363 g/mol. The van der Waals surface area contributed by atoms with Crippen LogP contribution in [0.2, 0.25) is 0 Å². The quantitative estimate of drug-likeness (QED) is 0.646. The van der Waals surface area contributed by atoms with E-state index >= 15 is 0 Å². The molecule has 0 radical (unpaired) electrons. The number of hydrogen-bond acceptors (Lipinski definition) is 6. The topological polar surface area (TPSA) is 85.1 Å². The second-order valence-corrected chi connectivity index (χ2v) is 6.98. The van der Waals surface area contributed by atoms with Gasteiger partial charge in [0.1, 0.15) is 5.75 Å². The van der Waals surface area contributed by atoms with Gasteiger partial charge < -0.3 is 21.1 Å². The molecule has 0 bridgehead atoms. The van der Waals surface area contributed by atoms with Crippen molar-refractivity contribution in [3.05, 3.63) is 53.9 Å². The minimum absolute atomic E-state index is 0.311. The number of ether oxygens (including phenoxy) is 1. The van der Waals surface area contributed by atoms with Crippen molar-refractivity contribution in [1.29, 1.82) is 0 Å². The van der Waals surface area contributed by atoms with E-state index in [9.17, 15) is 0 Å². The molecule has 2 heterocycles. The third-order valence-corrected chi connectivity index (χ3v) is 5.04. The molecule has 6 nitrogen and oxygen atoms in total. The Morgan fingerprint density at radius 3 is 2.81 bits per heavy atom. The lowest BCUT2D eigenvalue weighted by Gasteiger charge is -2.26. The highest BCUT2D eigenvalue weighted by Gasteiger charge is 2.15. The van der Waals surface area contributed by atoms with Crippen LogP contribution in [0.4, 0.5) is 11.6 Å². The Kier molecular flexibility index (Phi) is 5.07. The van der Waals surface area contributed by atoms with Crippen LogP contribution >= 0.6 is 0 Å². The van der Waals surface area contributed by atoms with Crippen molar-refractivity contribution in [2.45, 2.75) is 25.3 Å². The lowest BCUT2D eigenvalue weighted by Crippen LogP contribution is -2.35. The van der Waals surface area contributed by atoms with Crippen LogP contribution in [0.25, 0.3) is 10.8 Å². The second-order valence-electron chi connectivity index (χ2n) is 6.98. The molecule has 0 atom stereocenters. The molecule has 0 saturated carbocycles. The predicted octanol–water partition coefficient (Wildman–Crippen LogP) is 2.98. The fourth-order valence-electron chi connectivity index (χ4n) is 3.65. The van der Waals surface area contributed by atoms with Crippen molar-refractivity contribution in [1.82, 2.24) is 15.3 Å². The van der Waals surface area contributed by atoms with E-state index in [0.29, 0.717) is 12.0 Å². The highest BCUT2D eigenvalue weighted by Crippen LogP contribution is 2.31. The van der Waals surface area contributed by atoms with Gasteiger partial charge in [-0.2, -0.15) is 0 Å². The number of fused-ring (bicyclic) bond motifs is 1. The van der Waals surface area contributed by atoms with Gasteiger partial charge in [0.25, 0.3) is 0 Å². The summed E-state index contributed by atoms with van der Waals surface area (Å²) in [4.78, 5) is 8.32. The van der Waals surface area contributed by atoms with Crippen LogP contribution in [0.15, 0.2) is 42.6 Å². The molecular weight excluding hydrogens is 338 g/mol. The van der Waals surface area contributed by atoms with E-state index in [0.717, 1.165) is 49.5 Å². The molecule has 4 rings (SSSR count). The van der Waals surface area contributed by atoms with E-state index < -0.39 is 0 Å². The van der Waals surface area contributed by atoms with Gasteiger partial charge in [-0.05, 0) is 61.1 Å². The van der Waals surface area contributed by atoms with Gasteiger partial charge in [-0.1, -0.05) is 12.1 Å². The van der Waals surface area contributed by atoms with Crippen LogP contribution in [0, 0.1) is 0 Å². The number of aromatic nitrogens is 2. The number of nitrogens with two attached hydrogens (primary N) is 1. The Morgan fingerprint density at radius 1 is 1.19 bits per heavy atom. The van der Waals surface area contributed by atoms with Crippen molar-refractivity contribution in [3.63, 3.8) is 0 Å². The summed E-state index contributed by atoms with van der Waals surface area (Å²) in [7, 11) is 1.70. The average Bonchev–Trinajstić information content (AvgIpc) is 2.68. The molecule has 1 saturated heterocycles. The first-order valence-corrected chi connectivity index (χ1v) is 9.36. The van der Waals surface area contributed by atoms with E-state index in [1.165, 1.54) is 16.3 Å². The molecule has 1 aliphatic heterocycles. The number of rotatable bonds is 5. The van der Waals surface area contributed by atoms with Gasteiger partial charge >= 0.3 is 0 Å². The first-order chi connectivity index (χ1) is 13.2. The number of piperidine rings is 1. The first kappa shape index (κ1) is 17.5. The van der Waals surface area contributed by atoms with Crippen LogP contribution < -0.4 is 21.1 Å². The molecule has 6 heteroatoms. The SMILES string of the molecule is COc1ccc2cc(Cc3ccnc(N)n3)cc(NC3CCNCC3)c2c1. The summed E-state index contributed by atoms with van der Waals surface area (Å²) < 4.78 is 5.44. The summed E-state index contributed by atoms with van der Waals surface area (Å²) in [6.07, 6.45) is 4.67. The Hall–Kier alpha value is -2.86. The first-order valence-electron chi connectivity index (χ1n) is 9.36. The van der Waals surface area contributed by atoms with Gasteiger partial charge in [0, 0.05) is 29.7 Å². The number of hydrogen-bond donors (Lipinski definition) is 3. The van der Waals surface area contributed by atoms with Gasteiger partial charge in [0.05, 0.1) is 12.8 Å². The maximum atomic E-state index is 5.73. The summed E-state index contributed by atoms with van der Waals surface area (Å²) in [6, 6.07) is 13.0. The molecule has 2 aromatic carbocycles. The monoisotopic (exact) mass is 363 g/mol. The molecule has 1 fully saturated rings. The Labute approximate surface area is 159 Å². The Bertz CT molecular complexity index is 937. The van der Waals surface area contributed by atoms with Gasteiger partial charge in [-0.25, -0.2) is 9.97 Å². The number of methoxy groups -OCH3 is 1. The lowest BCUT2D eigenvalue weighted by molar-refractivity contribution is 0.415. The summed E-state index contributed by atoms with van der Waals surface area (Å²) in [5, 5.41) is 9.55. The van der Waals surface area contributed by atoms with Crippen molar-refractivity contribution in [2.75, 3.05) is 31.2 Å². The van der Waals surface area contributed by atoms with Gasteiger partial charge in [-0.15, -0.1) is 0 Å². The standard InChI is InChI=1S/C21H25N5O/c1-27-18-3-2-15-10-14(11-17-6-9-24-21(22)26-17)12-20(19(15)13-18)25-16-4-7-23-8-5-16/h2-3,6,9-10,12-13,16,23,25H,4-5,7-8,11H2,1H3,(H2,22,24,26). The third kappa shape index (κ3) is 4.11. The largest absolute Gasteiger partial charge is 0.497 e. The summed E-state index contributed by atoms with van der Waals surface area (Å²) in [6.45, 7) is 2.11. The molecule has 0 amide bonds. The fraction of sp³-hybridized carbons (Fsp3) is 0.333. The zero-order valence-electron chi connectivity index (χ0n) is 15.5. The molecule has 1 aromatic heterocycles. The maximum absolute atomic E-state index is 5.73. The summed E-state index contributed by atoms with van der Waals surface area (Å²) in [5.74, 6) is 1.18. The molecule has 4 N–H and O–H groups in total. The molecule has 0 spiro atoms. The van der Waals surface area contributed by atoms with Crippen molar-refractivity contribution >= 4 is 22.4 Å². The minimum Gasteiger partial charge on any atom is -0.497 e. The van der Waals surface area contributed by atoms with Crippen molar-refractivity contribution < 1.29 is 4.74 Å².